The number of amides is 1. The Balaban J connectivity index is 2.09. The van der Waals surface area contributed by atoms with Gasteiger partial charge in [-0.2, -0.15) is 11.3 Å². The zero-order valence-electron chi connectivity index (χ0n) is 9.57. The van der Waals surface area contributed by atoms with Crippen molar-refractivity contribution in [2.24, 2.45) is 5.92 Å². The number of carbonyl (C=O) groups is 1. The molecule has 2 atom stereocenters. The molecule has 0 N–H and O–H groups in total. The van der Waals surface area contributed by atoms with E-state index in [2.05, 4.69) is 22.9 Å². The lowest BCUT2D eigenvalue weighted by atomic mass is 9.98. The molecule has 0 spiro atoms. The molecule has 0 bridgehead atoms. The van der Waals surface area contributed by atoms with Crippen molar-refractivity contribution in [1.29, 1.82) is 0 Å². The largest absolute Gasteiger partial charge is 0.337 e. The summed E-state index contributed by atoms with van der Waals surface area (Å²) in [7, 11) is 0. The van der Waals surface area contributed by atoms with Crippen molar-refractivity contribution < 1.29 is 4.79 Å². The molecular formula is C12H16BrNOS. The number of hydrogen-bond acceptors (Lipinski definition) is 2. The highest BCUT2D eigenvalue weighted by Gasteiger charge is 2.28. The van der Waals surface area contributed by atoms with Crippen LogP contribution in [0.1, 0.15) is 29.3 Å². The van der Waals surface area contributed by atoms with Gasteiger partial charge in [-0.25, -0.2) is 0 Å². The quantitative estimate of drug-likeness (QED) is 0.729. The maximum absolute atomic E-state index is 12.2. The van der Waals surface area contributed by atoms with Gasteiger partial charge in [0.2, 0.25) is 0 Å². The molecule has 1 saturated heterocycles. The van der Waals surface area contributed by atoms with Gasteiger partial charge in [0.1, 0.15) is 0 Å². The molecule has 1 aliphatic rings. The minimum absolute atomic E-state index is 0.190. The number of likely N-dealkylation sites (tertiary alicyclic amines) is 1. The minimum Gasteiger partial charge on any atom is -0.337 e. The zero-order chi connectivity index (χ0) is 11.7. The van der Waals surface area contributed by atoms with Gasteiger partial charge < -0.3 is 4.90 Å². The van der Waals surface area contributed by atoms with Gasteiger partial charge in [0.25, 0.3) is 5.91 Å². The van der Waals surface area contributed by atoms with Crippen LogP contribution in [0, 0.1) is 12.8 Å². The highest BCUT2D eigenvalue weighted by Crippen LogP contribution is 2.25. The number of piperidine rings is 1. The number of hydrogen-bond donors (Lipinski definition) is 0. The number of aryl methyl sites for hydroxylation is 1. The second-order valence-corrected chi connectivity index (χ2v) is 6.42. The van der Waals surface area contributed by atoms with E-state index < -0.39 is 0 Å². The van der Waals surface area contributed by atoms with Crippen LogP contribution in [-0.2, 0) is 0 Å². The second kappa shape index (κ2) is 4.88. The highest BCUT2D eigenvalue weighted by atomic mass is 79.9. The van der Waals surface area contributed by atoms with Gasteiger partial charge in [0, 0.05) is 23.3 Å². The number of alkyl halides is 1. The third-order valence-corrected chi connectivity index (χ3v) is 5.29. The molecule has 2 rings (SSSR count). The van der Waals surface area contributed by atoms with Gasteiger partial charge in [0.05, 0.1) is 5.56 Å². The summed E-state index contributed by atoms with van der Waals surface area (Å²) in [5.74, 6) is 0.850. The van der Waals surface area contributed by atoms with Crippen LogP contribution in [0.15, 0.2) is 10.8 Å². The summed E-state index contributed by atoms with van der Waals surface area (Å²) in [6, 6.07) is 0. The fourth-order valence-electron chi connectivity index (χ4n) is 1.96. The molecule has 1 aromatic heterocycles. The van der Waals surface area contributed by atoms with Crippen molar-refractivity contribution in [2.45, 2.75) is 25.1 Å². The number of rotatable bonds is 1. The molecule has 2 nitrogen and oxygen atoms in total. The SMILES string of the molecule is Cc1cscc1C(=O)N1CCC(C)C(Br)C1. The summed E-state index contributed by atoms with van der Waals surface area (Å²) < 4.78 is 0. The third-order valence-electron chi connectivity index (χ3n) is 3.24. The van der Waals surface area contributed by atoms with Gasteiger partial charge in [-0.3, -0.25) is 4.79 Å². The van der Waals surface area contributed by atoms with Crippen LogP contribution in [0.2, 0.25) is 0 Å². The predicted octanol–water partition coefficient (Wildman–Crippen LogP) is 3.30. The zero-order valence-corrected chi connectivity index (χ0v) is 12.0. The molecule has 4 heteroatoms. The minimum atomic E-state index is 0.190. The van der Waals surface area contributed by atoms with Crippen LogP contribution in [0.25, 0.3) is 0 Å². The Kier molecular flexibility index (Phi) is 3.70. The van der Waals surface area contributed by atoms with Crippen LogP contribution in [0.3, 0.4) is 0 Å². The predicted molar refractivity (Wildman–Crippen MR) is 71.5 cm³/mol. The first-order valence-electron chi connectivity index (χ1n) is 5.55. The summed E-state index contributed by atoms with van der Waals surface area (Å²) in [5, 5.41) is 3.99. The summed E-state index contributed by atoms with van der Waals surface area (Å²) >= 11 is 5.25. The van der Waals surface area contributed by atoms with Crippen molar-refractivity contribution in [1.82, 2.24) is 4.90 Å². The van der Waals surface area contributed by atoms with Crippen LogP contribution in [0.4, 0.5) is 0 Å². The van der Waals surface area contributed by atoms with E-state index in [1.54, 1.807) is 11.3 Å². The van der Waals surface area contributed by atoms with E-state index in [-0.39, 0.29) is 5.91 Å². The van der Waals surface area contributed by atoms with E-state index in [0.29, 0.717) is 10.7 Å². The fraction of sp³-hybridized carbons (Fsp3) is 0.583. The van der Waals surface area contributed by atoms with Gasteiger partial charge in [0.15, 0.2) is 0 Å². The molecule has 16 heavy (non-hydrogen) atoms. The van der Waals surface area contributed by atoms with Crippen molar-refractivity contribution in [3.63, 3.8) is 0 Å². The van der Waals surface area contributed by atoms with Crippen LogP contribution >= 0.6 is 27.3 Å². The fourth-order valence-corrected chi connectivity index (χ4v) is 3.39. The molecule has 0 radical (unpaired) electrons. The lowest BCUT2D eigenvalue weighted by molar-refractivity contribution is 0.0706. The van der Waals surface area contributed by atoms with Crippen LogP contribution in [-0.4, -0.2) is 28.7 Å². The lowest BCUT2D eigenvalue weighted by Crippen LogP contribution is -2.43. The number of carbonyl (C=O) groups excluding carboxylic acids is 1. The molecule has 1 amide bonds. The van der Waals surface area contributed by atoms with E-state index >= 15 is 0 Å². The first-order valence-corrected chi connectivity index (χ1v) is 7.41. The Morgan fingerprint density at radius 2 is 2.31 bits per heavy atom. The normalized spacial score (nSPS) is 25.8. The molecule has 1 aliphatic heterocycles. The van der Waals surface area contributed by atoms with Gasteiger partial charge in [-0.05, 0) is 30.2 Å². The molecule has 1 fully saturated rings. The second-order valence-electron chi connectivity index (χ2n) is 4.50. The van der Waals surface area contributed by atoms with Gasteiger partial charge in [-0.1, -0.05) is 22.9 Å². The number of halogens is 1. The van der Waals surface area contributed by atoms with Crippen molar-refractivity contribution >= 4 is 33.2 Å². The first kappa shape index (κ1) is 12.1. The van der Waals surface area contributed by atoms with Crippen LogP contribution < -0.4 is 0 Å². The number of thiophene rings is 1. The third kappa shape index (κ3) is 2.33. The molecule has 88 valence electrons. The maximum Gasteiger partial charge on any atom is 0.255 e. The smallest absolute Gasteiger partial charge is 0.255 e. The molecule has 0 saturated carbocycles. The summed E-state index contributed by atoms with van der Waals surface area (Å²) in [5.41, 5.74) is 1.97. The maximum atomic E-state index is 12.2. The molecule has 0 aromatic carbocycles. The van der Waals surface area contributed by atoms with E-state index in [4.69, 9.17) is 0 Å². The van der Waals surface area contributed by atoms with Gasteiger partial charge >= 0.3 is 0 Å². The van der Waals surface area contributed by atoms with Crippen molar-refractivity contribution in [3.8, 4) is 0 Å². The van der Waals surface area contributed by atoms with Crippen LogP contribution in [0.5, 0.6) is 0 Å². The Hall–Kier alpha value is -0.350. The van der Waals surface area contributed by atoms with E-state index in [1.165, 1.54) is 0 Å². The summed E-state index contributed by atoms with van der Waals surface area (Å²) in [4.78, 5) is 14.6. The number of nitrogens with zero attached hydrogens (tertiary/aromatic N) is 1. The Morgan fingerprint density at radius 1 is 1.56 bits per heavy atom. The summed E-state index contributed by atoms with van der Waals surface area (Å²) in [6.07, 6.45) is 1.09. The lowest BCUT2D eigenvalue weighted by Gasteiger charge is -2.34. The molecular weight excluding hydrogens is 286 g/mol. The Bertz CT molecular complexity index is 390. The average Bonchev–Trinajstić information content (AvgIpc) is 2.67. The average molecular weight is 302 g/mol. The van der Waals surface area contributed by atoms with Gasteiger partial charge in [-0.15, -0.1) is 0 Å². The van der Waals surface area contributed by atoms with E-state index in [1.807, 2.05) is 22.6 Å². The van der Waals surface area contributed by atoms with Crippen molar-refractivity contribution in [3.05, 3.63) is 21.9 Å². The monoisotopic (exact) mass is 301 g/mol. The molecule has 2 heterocycles. The highest BCUT2D eigenvalue weighted by molar-refractivity contribution is 9.09. The van der Waals surface area contributed by atoms with E-state index in [9.17, 15) is 4.79 Å². The van der Waals surface area contributed by atoms with E-state index in [0.717, 1.165) is 30.6 Å². The summed E-state index contributed by atoms with van der Waals surface area (Å²) in [6.45, 7) is 5.95. The molecule has 1 aromatic rings. The molecule has 0 aliphatic carbocycles. The van der Waals surface area contributed by atoms with Crippen molar-refractivity contribution in [2.75, 3.05) is 13.1 Å². The molecule has 2 unspecified atom stereocenters. The Labute approximate surface area is 109 Å². The standard InChI is InChI=1S/C12H16BrNOS/c1-8-3-4-14(5-11(8)13)12(15)10-7-16-6-9(10)2/h6-8,11H,3-5H2,1-2H3. The Morgan fingerprint density at radius 3 is 2.88 bits per heavy atom. The topological polar surface area (TPSA) is 20.3 Å². The first-order chi connectivity index (χ1) is 7.59.